The molecule has 1 aliphatic heterocycles. The Balaban J connectivity index is 1.40. The smallest absolute Gasteiger partial charge is 0.214 e. The highest BCUT2D eigenvalue weighted by molar-refractivity contribution is 7.89. The second kappa shape index (κ2) is 5.10. The van der Waals surface area contributed by atoms with Crippen molar-refractivity contribution in [2.24, 2.45) is 5.92 Å². The number of unbranched alkanes of at least 4 members (excludes halogenated alkanes) is 1. The minimum Gasteiger partial charge on any atom is -0.314 e. The molecule has 5 heteroatoms. The Morgan fingerprint density at radius 3 is 2.56 bits per heavy atom. The van der Waals surface area contributed by atoms with Crippen molar-refractivity contribution in [3.05, 3.63) is 0 Å². The lowest BCUT2D eigenvalue weighted by molar-refractivity contribution is 0.333. The van der Waals surface area contributed by atoms with Gasteiger partial charge >= 0.3 is 0 Å². The first-order valence-electron chi connectivity index (χ1n) is 7.38. The van der Waals surface area contributed by atoms with E-state index in [0.29, 0.717) is 17.7 Å². The summed E-state index contributed by atoms with van der Waals surface area (Å²) in [5.41, 5.74) is 0. The Hall–Kier alpha value is -0.130. The van der Waals surface area contributed by atoms with Crippen LogP contribution in [0, 0.1) is 5.92 Å². The molecule has 1 N–H and O–H groups in total. The van der Waals surface area contributed by atoms with Gasteiger partial charge in [-0.25, -0.2) is 8.42 Å². The van der Waals surface area contributed by atoms with Gasteiger partial charge < -0.3 is 5.32 Å². The van der Waals surface area contributed by atoms with Gasteiger partial charge in [0.05, 0.1) is 5.75 Å². The van der Waals surface area contributed by atoms with Crippen molar-refractivity contribution in [3.63, 3.8) is 0 Å². The summed E-state index contributed by atoms with van der Waals surface area (Å²) in [7, 11) is -2.97. The Bertz CT molecular complexity index is 392. The molecule has 3 aliphatic rings. The summed E-state index contributed by atoms with van der Waals surface area (Å²) >= 11 is 0. The highest BCUT2D eigenvalue weighted by atomic mass is 32.2. The van der Waals surface area contributed by atoms with Crippen LogP contribution in [0.4, 0.5) is 0 Å². The second-order valence-corrected chi connectivity index (χ2v) is 8.20. The van der Waals surface area contributed by atoms with Crippen molar-refractivity contribution in [1.82, 2.24) is 9.62 Å². The van der Waals surface area contributed by atoms with Crippen LogP contribution in [0.3, 0.4) is 0 Å². The van der Waals surface area contributed by atoms with E-state index in [9.17, 15) is 8.42 Å². The van der Waals surface area contributed by atoms with Crippen molar-refractivity contribution in [1.29, 1.82) is 0 Å². The van der Waals surface area contributed by atoms with Gasteiger partial charge in [0.2, 0.25) is 10.0 Å². The highest BCUT2D eigenvalue weighted by Crippen LogP contribution is 2.39. The van der Waals surface area contributed by atoms with Crippen LogP contribution in [0.5, 0.6) is 0 Å². The third-order valence-electron chi connectivity index (χ3n) is 4.56. The van der Waals surface area contributed by atoms with Crippen molar-refractivity contribution in [3.8, 4) is 0 Å². The highest BCUT2D eigenvalue weighted by Gasteiger charge is 2.43. The van der Waals surface area contributed by atoms with E-state index < -0.39 is 10.0 Å². The molecule has 2 bridgehead atoms. The summed E-state index contributed by atoms with van der Waals surface area (Å²) in [6.07, 6.45) is 7.83. The van der Waals surface area contributed by atoms with Gasteiger partial charge in [-0.3, -0.25) is 0 Å². The standard InChI is InChI=1S/C13H24N2O2S/c16-18(17,8-2-1-7-14-12-4-5-12)15-10-11-3-6-13(15)9-11/h11-14H,1-10H2. The summed E-state index contributed by atoms with van der Waals surface area (Å²) < 4.78 is 26.3. The molecule has 1 saturated heterocycles. The minimum absolute atomic E-state index is 0.338. The lowest BCUT2D eigenvalue weighted by atomic mass is 10.1. The fourth-order valence-electron chi connectivity index (χ4n) is 3.34. The quantitative estimate of drug-likeness (QED) is 0.711. The van der Waals surface area contributed by atoms with E-state index in [-0.39, 0.29) is 0 Å². The molecule has 0 aromatic carbocycles. The molecule has 3 rings (SSSR count). The van der Waals surface area contributed by atoms with E-state index in [2.05, 4.69) is 5.32 Å². The van der Waals surface area contributed by atoms with Crippen LogP contribution in [-0.2, 0) is 10.0 Å². The van der Waals surface area contributed by atoms with Gasteiger partial charge in [0, 0.05) is 18.6 Å². The SMILES string of the molecule is O=S(=O)(CCCCNC1CC1)N1CC2CCC1C2. The third-order valence-corrected chi connectivity index (χ3v) is 6.52. The van der Waals surface area contributed by atoms with E-state index in [1.165, 1.54) is 19.3 Å². The van der Waals surface area contributed by atoms with Crippen LogP contribution in [0.25, 0.3) is 0 Å². The normalized spacial score (nSPS) is 32.2. The van der Waals surface area contributed by atoms with Crippen molar-refractivity contribution >= 4 is 10.0 Å². The molecule has 1 heterocycles. The van der Waals surface area contributed by atoms with Crippen LogP contribution < -0.4 is 5.32 Å². The lowest BCUT2D eigenvalue weighted by Gasteiger charge is -2.26. The molecule has 2 saturated carbocycles. The Morgan fingerprint density at radius 1 is 1.11 bits per heavy atom. The monoisotopic (exact) mass is 272 g/mol. The fourth-order valence-corrected chi connectivity index (χ4v) is 5.23. The van der Waals surface area contributed by atoms with Gasteiger partial charge in [-0.05, 0) is 57.4 Å². The van der Waals surface area contributed by atoms with E-state index in [1.807, 2.05) is 0 Å². The number of rotatable bonds is 7. The number of nitrogens with zero attached hydrogens (tertiary/aromatic N) is 1. The summed E-state index contributed by atoms with van der Waals surface area (Å²) in [5, 5.41) is 3.43. The summed E-state index contributed by atoms with van der Waals surface area (Å²) in [4.78, 5) is 0. The molecule has 0 radical (unpaired) electrons. The molecule has 18 heavy (non-hydrogen) atoms. The Kier molecular flexibility index (Phi) is 3.65. The second-order valence-electron chi connectivity index (χ2n) is 6.15. The average molecular weight is 272 g/mol. The predicted molar refractivity (Wildman–Crippen MR) is 71.9 cm³/mol. The fraction of sp³-hybridized carbons (Fsp3) is 1.00. The molecule has 0 aromatic heterocycles. The maximum absolute atomic E-state index is 12.2. The topological polar surface area (TPSA) is 49.4 Å². The first kappa shape index (κ1) is 12.9. The van der Waals surface area contributed by atoms with Crippen molar-refractivity contribution in [2.75, 3.05) is 18.8 Å². The zero-order valence-corrected chi connectivity index (χ0v) is 11.8. The zero-order valence-electron chi connectivity index (χ0n) is 11.0. The number of hydrogen-bond acceptors (Lipinski definition) is 3. The summed E-state index contributed by atoms with van der Waals surface area (Å²) in [6.45, 7) is 1.78. The maximum Gasteiger partial charge on any atom is 0.214 e. The largest absolute Gasteiger partial charge is 0.314 e. The van der Waals surface area contributed by atoms with Crippen LogP contribution in [0.2, 0.25) is 0 Å². The minimum atomic E-state index is -2.97. The molecule has 0 aromatic rings. The Labute approximate surface area is 110 Å². The first-order valence-corrected chi connectivity index (χ1v) is 8.99. The van der Waals surface area contributed by atoms with Gasteiger partial charge in [0.15, 0.2) is 0 Å². The molecule has 2 aliphatic carbocycles. The van der Waals surface area contributed by atoms with E-state index >= 15 is 0 Å². The van der Waals surface area contributed by atoms with E-state index in [4.69, 9.17) is 0 Å². The molecular weight excluding hydrogens is 248 g/mol. The molecule has 0 amide bonds. The molecule has 0 spiro atoms. The number of piperidine rings is 1. The molecule has 2 unspecified atom stereocenters. The van der Waals surface area contributed by atoms with Crippen LogP contribution in [0.15, 0.2) is 0 Å². The van der Waals surface area contributed by atoms with Crippen molar-refractivity contribution in [2.45, 2.75) is 57.0 Å². The third kappa shape index (κ3) is 2.89. The van der Waals surface area contributed by atoms with E-state index in [1.54, 1.807) is 4.31 Å². The summed E-state index contributed by atoms with van der Waals surface area (Å²) in [5.74, 6) is 1.00. The number of nitrogens with one attached hydrogen (secondary N) is 1. The number of fused-ring (bicyclic) bond motifs is 2. The Morgan fingerprint density at radius 2 is 1.94 bits per heavy atom. The van der Waals surface area contributed by atoms with Gasteiger partial charge in [-0.2, -0.15) is 4.31 Å². The molecule has 4 nitrogen and oxygen atoms in total. The summed E-state index contributed by atoms with van der Waals surface area (Å²) in [6, 6.07) is 1.07. The van der Waals surface area contributed by atoms with Crippen molar-refractivity contribution < 1.29 is 8.42 Å². The molecular formula is C13H24N2O2S. The maximum atomic E-state index is 12.2. The van der Waals surface area contributed by atoms with Crippen LogP contribution in [0.1, 0.15) is 44.9 Å². The predicted octanol–water partition coefficient (Wildman–Crippen LogP) is 1.33. The number of sulfonamides is 1. The van der Waals surface area contributed by atoms with E-state index in [0.717, 1.165) is 44.8 Å². The first-order chi connectivity index (χ1) is 8.65. The lowest BCUT2D eigenvalue weighted by Crippen LogP contribution is -2.39. The number of hydrogen-bond donors (Lipinski definition) is 1. The van der Waals surface area contributed by atoms with Gasteiger partial charge in [-0.15, -0.1) is 0 Å². The van der Waals surface area contributed by atoms with Gasteiger partial charge in [0.1, 0.15) is 0 Å². The average Bonchev–Trinajstić information content (AvgIpc) is 2.91. The molecule has 3 fully saturated rings. The van der Waals surface area contributed by atoms with Gasteiger partial charge in [-0.1, -0.05) is 0 Å². The molecule has 104 valence electrons. The molecule has 2 atom stereocenters. The van der Waals surface area contributed by atoms with Crippen LogP contribution in [-0.4, -0.2) is 43.6 Å². The zero-order chi connectivity index (χ0) is 12.6. The van der Waals surface area contributed by atoms with Crippen LogP contribution >= 0.6 is 0 Å². The van der Waals surface area contributed by atoms with Gasteiger partial charge in [0.25, 0.3) is 0 Å².